The van der Waals surface area contributed by atoms with Gasteiger partial charge in [0.25, 0.3) is 0 Å². The number of rotatable bonds is 8. The lowest BCUT2D eigenvalue weighted by Crippen LogP contribution is -2.41. The molecule has 1 fully saturated rings. The summed E-state index contributed by atoms with van der Waals surface area (Å²) in [7, 11) is 0. The van der Waals surface area contributed by atoms with Gasteiger partial charge in [0.2, 0.25) is 11.8 Å². The van der Waals surface area contributed by atoms with Gasteiger partial charge in [0, 0.05) is 11.4 Å². The Kier molecular flexibility index (Phi) is 7.25. The topological polar surface area (TPSA) is 95.5 Å². The maximum atomic E-state index is 11.9. The van der Waals surface area contributed by atoms with Crippen LogP contribution in [0.25, 0.3) is 0 Å². The molecular formula is C18H23ClN2O4. The van der Waals surface area contributed by atoms with Crippen molar-refractivity contribution in [2.24, 2.45) is 5.92 Å². The minimum absolute atomic E-state index is 0.180. The van der Waals surface area contributed by atoms with Crippen LogP contribution in [0.5, 0.6) is 0 Å². The number of benzene rings is 1. The van der Waals surface area contributed by atoms with E-state index >= 15 is 0 Å². The number of carboxylic acids is 1. The standard InChI is InChI=1S/C18H23ClN2O4/c19-14-8-6-13(7-9-14)17(18(24)25)21-16(23)11-20-15(22)10-5-12-3-1-2-4-12/h6-9,12,17H,1-5,10-11H2,(H,20,22)(H,21,23)(H,24,25). The normalized spacial score (nSPS) is 15.6. The van der Waals surface area contributed by atoms with Crippen LogP contribution >= 0.6 is 11.6 Å². The number of carbonyl (C=O) groups excluding carboxylic acids is 2. The molecule has 1 aromatic carbocycles. The van der Waals surface area contributed by atoms with Crippen molar-refractivity contribution in [1.82, 2.24) is 10.6 Å². The zero-order valence-electron chi connectivity index (χ0n) is 14.0. The van der Waals surface area contributed by atoms with E-state index < -0.39 is 17.9 Å². The zero-order valence-corrected chi connectivity index (χ0v) is 14.7. The van der Waals surface area contributed by atoms with Crippen molar-refractivity contribution < 1.29 is 19.5 Å². The molecule has 3 N–H and O–H groups in total. The van der Waals surface area contributed by atoms with Crippen LogP contribution in [0.15, 0.2) is 24.3 Å². The Bertz CT molecular complexity index is 612. The predicted octanol–water partition coefficient (Wildman–Crippen LogP) is 2.67. The number of aliphatic carboxylic acids is 1. The molecule has 1 aromatic rings. The SMILES string of the molecule is O=C(CCC1CCCC1)NCC(=O)NC(C(=O)O)c1ccc(Cl)cc1. The largest absolute Gasteiger partial charge is 0.479 e. The highest BCUT2D eigenvalue weighted by Crippen LogP contribution is 2.28. The molecule has 6 nitrogen and oxygen atoms in total. The first-order valence-electron chi connectivity index (χ1n) is 8.50. The molecule has 25 heavy (non-hydrogen) atoms. The van der Waals surface area contributed by atoms with E-state index in [0.29, 0.717) is 22.9 Å². The molecule has 7 heteroatoms. The van der Waals surface area contributed by atoms with Crippen LogP contribution in [-0.4, -0.2) is 29.4 Å². The van der Waals surface area contributed by atoms with Crippen molar-refractivity contribution in [2.75, 3.05) is 6.54 Å². The molecule has 1 aliphatic rings. The Labute approximate surface area is 151 Å². The van der Waals surface area contributed by atoms with E-state index in [1.165, 1.54) is 25.7 Å². The van der Waals surface area contributed by atoms with Gasteiger partial charge in [-0.15, -0.1) is 0 Å². The maximum absolute atomic E-state index is 11.9. The number of hydrogen-bond acceptors (Lipinski definition) is 3. The molecule has 1 unspecified atom stereocenters. The van der Waals surface area contributed by atoms with Crippen molar-refractivity contribution in [2.45, 2.75) is 44.6 Å². The summed E-state index contributed by atoms with van der Waals surface area (Å²) < 4.78 is 0. The van der Waals surface area contributed by atoms with Gasteiger partial charge >= 0.3 is 5.97 Å². The smallest absolute Gasteiger partial charge is 0.330 e. The van der Waals surface area contributed by atoms with E-state index in [1.807, 2.05) is 0 Å². The van der Waals surface area contributed by atoms with Gasteiger partial charge < -0.3 is 15.7 Å². The second-order valence-corrected chi connectivity index (χ2v) is 6.79. The number of carboxylic acid groups (broad SMARTS) is 1. The lowest BCUT2D eigenvalue weighted by Gasteiger charge is -2.15. The molecule has 2 rings (SSSR count). The molecular weight excluding hydrogens is 344 g/mol. The summed E-state index contributed by atoms with van der Waals surface area (Å²) in [6.45, 7) is -0.235. The van der Waals surface area contributed by atoms with Gasteiger partial charge in [0.1, 0.15) is 0 Å². The summed E-state index contributed by atoms with van der Waals surface area (Å²) in [6, 6.07) is 5.02. The molecule has 0 aromatic heterocycles. The Hall–Kier alpha value is -2.08. The fourth-order valence-corrected chi connectivity index (χ4v) is 3.18. The highest BCUT2D eigenvalue weighted by atomic mass is 35.5. The van der Waals surface area contributed by atoms with Crippen LogP contribution in [-0.2, 0) is 14.4 Å². The third-order valence-corrected chi connectivity index (χ3v) is 4.71. The average molecular weight is 367 g/mol. The maximum Gasteiger partial charge on any atom is 0.330 e. The zero-order chi connectivity index (χ0) is 18.2. The summed E-state index contributed by atoms with van der Waals surface area (Å²) in [5, 5.41) is 14.7. The van der Waals surface area contributed by atoms with E-state index in [-0.39, 0.29) is 12.5 Å². The summed E-state index contributed by atoms with van der Waals surface area (Å²) in [5.41, 5.74) is 0.415. The number of carbonyl (C=O) groups is 3. The van der Waals surface area contributed by atoms with Crippen molar-refractivity contribution >= 4 is 29.4 Å². The molecule has 1 saturated carbocycles. The third-order valence-electron chi connectivity index (χ3n) is 4.46. The molecule has 1 atom stereocenters. The average Bonchev–Trinajstić information content (AvgIpc) is 3.10. The van der Waals surface area contributed by atoms with E-state index in [1.54, 1.807) is 24.3 Å². The van der Waals surface area contributed by atoms with Gasteiger partial charge in [-0.2, -0.15) is 0 Å². The Morgan fingerprint density at radius 2 is 1.76 bits per heavy atom. The highest BCUT2D eigenvalue weighted by Gasteiger charge is 2.22. The first kappa shape index (κ1) is 19.2. The minimum Gasteiger partial charge on any atom is -0.479 e. The first-order valence-corrected chi connectivity index (χ1v) is 8.88. The first-order chi connectivity index (χ1) is 12.0. The fraction of sp³-hybridized carbons (Fsp3) is 0.500. The molecule has 1 aliphatic carbocycles. The van der Waals surface area contributed by atoms with Crippen molar-refractivity contribution in [3.63, 3.8) is 0 Å². The van der Waals surface area contributed by atoms with Crippen molar-refractivity contribution in [3.8, 4) is 0 Å². The molecule has 0 heterocycles. The van der Waals surface area contributed by atoms with Crippen LogP contribution in [0.4, 0.5) is 0 Å². The van der Waals surface area contributed by atoms with Gasteiger partial charge in [-0.05, 0) is 30.0 Å². The monoisotopic (exact) mass is 366 g/mol. The molecule has 136 valence electrons. The van der Waals surface area contributed by atoms with Gasteiger partial charge in [-0.3, -0.25) is 9.59 Å². The number of amides is 2. The van der Waals surface area contributed by atoms with Crippen LogP contribution in [0.3, 0.4) is 0 Å². The summed E-state index contributed by atoms with van der Waals surface area (Å²) >= 11 is 5.78. The van der Waals surface area contributed by atoms with Crippen molar-refractivity contribution in [1.29, 1.82) is 0 Å². The van der Waals surface area contributed by atoms with Crippen LogP contribution < -0.4 is 10.6 Å². The Balaban J connectivity index is 1.77. The summed E-state index contributed by atoms with van der Waals surface area (Å²) in [5.74, 6) is -1.29. The molecule has 0 radical (unpaired) electrons. The van der Waals surface area contributed by atoms with E-state index in [0.717, 1.165) is 6.42 Å². The fourth-order valence-electron chi connectivity index (χ4n) is 3.06. The number of nitrogens with one attached hydrogen (secondary N) is 2. The predicted molar refractivity (Wildman–Crippen MR) is 94.2 cm³/mol. The summed E-state index contributed by atoms with van der Waals surface area (Å²) in [6.07, 6.45) is 6.06. The lowest BCUT2D eigenvalue weighted by atomic mass is 10.0. The van der Waals surface area contributed by atoms with Crippen molar-refractivity contribution in [3.05, 3.63) is 34.9 Å². The van der Waals surface area contributed by atoms with Gasteiger partial charge in [-0.25, -0.2) is 4.79 Å². The Morgan fingerprint density at radius 3 is 2.36 bits per heavy atom. The molecule has 0 bridgehead atoms. The second-order valence-electron chi connectivity index (χ2n) is 6.36. The third kappa shape index (κ3) is 6.38. The summed E-state index contributed by atoms with van der Waals surface area (Å²) in [4.78, 5) is 35.1. The van der Waals surface area contributed by atoms with Gasteiger partial charge in [-0.1, -0.05) is 49.4 Å². The van der Waals surface area contributed by atoms with Crippen LogP contribution in [0.1, 0.15) is 50.1 Å². The highest BCUT2D eigenvalue weighted by molar-refractivity contribution is 6.30. The molecule has 0 spiro atoms. The molecule has 0 saturated heterocycles. The van der Waals surface area contributed by atoms with Gasteiger partial charge in [0.05, 0.1) is 6.54 Å². The van der Waals surface area contributed by atoms with Gasteiger partial charge in [0.15, 0.2) is 6.04 Å². The number of halogens is 1. The van der Waals surface area contributed by atoms with Crippen LogP contribution in [0, 0.1) is 5.92 Å². The molecule has 0 aliphatic heterocycles. The van der Waals surface area contributed by atoms with Crippen LogP contribution in [0.2, 0.25) is 5.02 Å². The lowest BCUT2D eigenvalue weighted by molar-refractivity contribution is -0.141. The molecule has 2 amide bonds. The van der Waals surface area contributed by atoms with E-state index in [9.17, 15) is 19.5 Å². The quantitative estimate of drug-likeness (QED) is 0.659. The minimum atomic E-state index is -1.18. The number of hydrogen-bond donors (Lipinski definition) is 3. The van der Waals surface area contributed by atoms with E-state index in [2.05, 4.69) is 10.6 Å². The Morgan fingerprint density at radius 1 is 1.12 bits per heavy atom. The second kappa shape index (κ2) is 9.42. The van der Waals surface area contributed by atoms with E-state index in [4.69, 9.17) is 11.6 Å².